The van der Waals surface area contributed by atoms with Gasteiger partial charge in [0, 0.05) is 11.8 Å². The SMILES string of the molecule is CCS(=O)(=O)CCOc1ccc(CO)cc1[N+](=O)[O-]. The van der Waals surface area contributed by atoms with E-state index in [2.05, 4.69) is 0 Å². The highest BCUT2D eigenvalue weighted by atomic mass is 32.2. The number of rotatable bonds is 7. The van der Waals surface area contributed by atoms with Crippen molar-refractivity contribution in [2.75, 3.05) is 18.1 Å². The Bertz CT molecular complexity index is 554. The molecule has 0 aliphatic carbocycles. The highest BCUT2D eigenvalue weighted by Gasteiger charge is 2.17. The van der Waals surface area contributed by atoms with Crippen LogP contribution < -0.4 is 4.74 Å². The van der Waals surface area contributed by atoms with Gasteiger partial charge in [-0.1, -0.05) is 13.0 Å². The van der Waals surface area contributed by atoms with Crippen molar-refractivity contribution in [3.63, 3.8) is 0 Å². The lowest BCUT2D eigenvalue weighted by atomic mass is 10.2. The van der Waals surface area contributed by atoms with Crippen LogP contribution in [0.2, 0.25) is 0 Å². The van der Waals surface area contributed by atoms with Crippen molar-refractivity contribution in [1.82, 2.24) is 0 Å². The van der Waals surface area contributed by atoms with Crippen molar-refractivity contribution < 1.29 is 23.2 Å². The summed E-state index contributed by atoms with van der Waals surface area (Å²) < 4.78 is 27.7. The number of nitro benzene ring substituents is 1. The van der Waals surface area contributed by atoms with Crippen molar-refractivity contribution in [2.45, 2.75) is 13.5 Å². The number of sulfone groups is 1. The number of aliphatic hydroxyl groups excluding tert-OH is 1. The molecular weight excluding hydrogens is 274 g/mol. The van der Waals surface area contributed by atoms with Crippen LogP contribution in [0.25, 0.3) is 0 Å². The molecule has 106 valence electrons. The van der Waals surface area contributed by atoms with E-state index in [-0.39, 0.29) is 36.2 Å². The molecule has 1 N–H and O–H groups in total. The molecule has 0 fully saturated rings. The highest BCUT2D eigenvalue weighted by Crippen LogP contribution is 2.27. The van der Waals surface area contributed by atoms with Crippen LogP contribution in [0.15, 0.2) is 18.2 Å². The molecule has 1 rings (SSSR count). The molecule has 0 aliphatic rings. The Morgan fingerprint density at radius 1 is 1.42 bits per heavy atom. The van der Waals surface area contributed by atoms with Gasteiger partial charge in [0.25, 0.3) is 0 Å². The molecule has 7 nitrogen and oxygen atoms in total. The van der Waals surface area contributed by atoms with Crippen LogP contribution in [-0.2, 0) is 16.4 Å². The topological polar surface area (TPSA) is 107 Å². The molecule has 19 heavy (non-hydrogen) atoms. The van der Waals surface area contributed by atoms with Crippen molar-refractivity contribution in [3.8, 4) is 5.75 Å². The molecule has 0 aliphatic heterocycles. The van der Waals surface area contributed by atoms with Gasteiger partial charge in [-0.15, -0.1) is 0 Å². The molecular formula is C11H15NO6S. The van der Waals surface area contributed by atoms with Gasteiger partial charge in [0.15, 0.2) is 15.6 Å². The first-order valence-corrected chi connectivity index (χ1v) is 7.43. The van der Waals surface area contributed by atoms with E-state index >= 15 is 0 Å². The summed E-state index contributed by atoms with van der Waals surface area (Å²) in [6.45, 7) is 1.06. The van der Waals surface area contributed by atoms with Crippen molar-refractivity contribution in [2.24, 2.45) is 0 Å². The molecule has 0 unspecified atom stereocenters. The number of nitro groups is 1. The number of hydrogen-bond acceptors (Lipinski definition) is 6. The second-order valence-corrected chi connectivity index (χ2v) is 6.27. The monoisotopic (exact) mass is 289 g/mol. The summed E-state index contributed by atoms with van der Waals surface area (Å²) in [5.74, 6) is -0.196. The molecule has 1 aromatic carbocycles. The molecule has 0 aromatic heterocycles. The summed E-state index contributed by atoms with van der Waals surface area (Å²) in [7, 11) is -3.17. The van der Waals surface area contributed by atoms with E-state index in [0.29, 0.717) is 5.56 Å². The third kappa shape index (κ3) is 4.49. The predicted molar refractivity (Wildman–Crippen MR) is 68.8 cm³/mol. The lowest BCUT2D eigenvalue weighted by Crippen LogP contribution is -2.16. The maximum atomic E-state index is 11.3. The van der Waals surface area contributed by atoms with Gasteiger partial charge >= 0.3 is 5.69 Å². The Morgan fingerprint density at radius 2 is 2.11 bits per heavy atom. The van der Waals surface area contributed by atoms with Crippen LogP contribution in [0.4, 0.5) is 5.69 Å². The summed E-state index contributed by atoms with van der Waals surface area (Å²) in [4.78, 5) is 10.2. The fourth-order valence-electron chi connectivity index (χ4n) is 1.35. The van der Waals surface area contributed by atoms with Crippen LogP contribution >= 0.6 is 0 Å². The quantitative estimate of drug-likeness (QED) is 0.590. The average Bonchev–Trinajstić information content (AvgIpc) is 2.38. The van der Waals surface area contributed by atoms with E-state index in [1.165, 1.54) is 25.1 Å². The maximum absolute atomic E-state index is 11.3. The second kappa shape index (κ2) is 6.48. The first-order valence-electron chi connectivity index (χ1n) is 5.61. The van der Waals surface area contributed by atoms with Crippen LogP contribution in [0.1, 0.15) is 12.5 Å². The average molecular weight is 289 g/mol. The Morgan fingerprint density at radius 3 is 2.63 bits per heavy atom. The summed E-state index contributed by atoms with van der Waals surface area (Å²) in [6.07, 6.45) is 0. The Hall–Kier alpha value is -1.67. The fourth-order valence-corrected chi connectivity index (χ4v) is 1.97. The molecule has 0 amide bonds. The standard InChI is InChI=1S/C11H15NO6S/c1-2-19(16,17)6-5-18-11-4-3-9(8-13)7-10(11)12(14)15/h3-4,7,13H,2,5-6,8H2,1H3. The minimum absolute atomic E-state index is 0.00189. The minimum atomic E-state index is -3.17. The summed E-state index contributed by atoms with van der Waals surface area (Å²) in [6, 6.07) is 4.03. The molecule has 0 saturated heterocycles. The number of hydrogen-bond donors (Lipinski definition) is 1. The summed E-state index contributed by atoms with van der Waals surface area (Å²) >= 11 is 0. The minimum Gasteiger partial charge on any atom is -0.486 e. The van der Waals surface area contributed by atoms with Gasteiger partial charge in [-0.2, -0.15) is 0 Å². The zero-order valence-corrected chi connectivity index (χ0v) is 11.2. The molecule has 0 bridgehead atoms. The first-order chi connectivity index (χ1) is 8.89. The van der Waals surface area contributed by atoms with Crippen LogP contribution in [0, 0.1) is 10.1 Å². The molecule has 0 radical (unpaired) electrons. The molecule has 8 heteroatoms. The van der Waals surface area contributed by atoms with E-state index in [4.69, 9.17) is 9.84 Å². The number of nitrogens with zero attached hydrogens (tertiary/aromatic N) is 1. The largest absolute Gasteiger partial charge is 0.486 e. The zero-order valence-electron chi connectivity index (χ0n) is 10.4. The third-order valence-electron chi connectivity index (χ3n) is 2.49. The Balaban J connectivity index is 2.81. The second-order valence-electron chi connectivity index (χ2n) is 3.80. The molecule has 0 atom stereocenters. The van der Waals surface area contributed by atoms with E-state index in [1.54, 1.807) is 0 Å². The number of benzene rings is 1. The maximum Gasteiger partial charge on any atom is 0.311 e. The molecule has 0 heterocycles. The van der Waals surface area contributed by atoms with E-state index < -0.39 is 14.8 Å². The number of aliphatic hydroxyl groups is 1. The normalized spacial score (nSPS) is 11.3. The van der Waals surface area contributed by atoms with Gasteiger partial charge in [0.2, 0.25) is 0 Å². The van der Waals surface area contributed by atoms with E-state index in [0.717, 1.165) is 0 Å². The lowest BCUT2D eigenvalue weighted by Gasteiger charge is -2.07. The van der Waals surface area contributed by atoms with Crippen molar-refractivity contribution >= 4 is 15.5 Å². The van der Waals surface area contributed by atoms with Gasteiger partial charge in [-0.3, -0.25) is 10.1 Å². The van der Waals surface area contributed by atoms with Crippen molar-refractivity contribution in [1.29, 1.82) is 0 Å². The van der Waals surface area contributed by atoms with Crippen LogP contribution in [-0.4, -0.2) is 36.6 Å². The van der Waals surface area contributed by atoms with E-state index in [1.807, 2.05) is 0 Å². The van der Waals surface area contributed by atoms with E-state index in [9.17, 15) is 18.5 Å². The van der Waals surface area contributed by atoms with Crippen molar-refractivity contribution in [3.05, 3.63) is 33.9 Å². The predicted octanol–water partition coefficient (Wildman–Crippen LogP) is 0.901. The highest BCUT2D eigenvalue weighted by molar-refractivity contribution is 7.91. The zero-order chi connectivity index (χ0) is 14.5. The lowest BCUT2D eigenvalue weighted by molar-refractivity contribution is -0.385. The van der Waals surface area contributed by atoms with Gasteiger partial charge in [-0.05, 0) is 11.6 Å². The van der Waals surface area contributed by atoms with Gasteiger partial charge in [0.1, 0.15) is 6.61 Å². The summed E-state index contributed by atoms with van der Waals surface area (Å²) in [5, 5.41) is 19.7. The molecule has 1 aromatic rings. The molecule has 0 saturated carbocycles. The fraction of sp³-hybridized carbons (Fsp3) is 0.455. The van der Waals surface area contributed by atoms with Crippen LogP contribution in [0.3, 0.4) is 0 Å². The van der Waals surface area contributed by atoms with Gasteiger partial charge in [0.05, 0.1) is 17.3 Å². The van der Waals surface area contributed by atoms with Gasteiger partial charge < -0.3 is 9.84 Å². The summed E-state index contributed by atoms with van der Waals surface area (Å²) in [5.41, 5.74) is 0.0978. The third-order valence-corrected chi connectivity index (χ3v) is 4.16. The Kier molecular flexibility index (Phi) is 5.25. The van der Waals surface area contributed by atoms with Crippen LogP contribution in [0.5, 0.6) is 5.75 Å². The first kappa shape index (κ1) is 15.4. The van der Waals surface area contributed by atoms with Gasteiger partial charge in [-0.25, -0.2) is 8.42 Å². The molecule has 0 spiro atoms. The smallest absolute Gasteiger partial charge is 0.311 e. The Labute approximate surface area is 110 Å². The number of ether oxygens (including phenoxy) is 1.